The van der Waals surface area contributed by atoms with Crippen molar-refractivity contribution in [2.75, 3.05) is 0 Å². The predicted octanol–water partition coefficient (Wildman–Crippen LogP) is 4.13. The van der Waals surface area contributed by atoms with Crippen molar-refractivity contribution in [1.29, 1.82) is 0 Å². The van der Waals surface area contributed by atoms with Crippen LogP contribution in [0.4, 0.5) is 13.2 Å². The summed E-state index contributed by atoms with van der Waals surface area (Å²) in [4.78, 5) is 6.89. The van der Waals surface area contributed by atoms with Crippen LogP contribution in [0, 0.1) is 11.6 Å². The van der Waals surface area contributed by atoms with Gasteiger partial charge in [0.05, 0.1) is 5.56 Å². The molecule has 0 aliphatic heterocycles. The average molecular weight is 270 g/mol. The Bertz CT molecular complexity index is 632. The molecular formula is C12H9F3N2S. The van der Waals surface area contributed by atoms with E-state index in [1.807, 2.05) is 0 Å². The monoisotopic (exact) mass is 270 g/mol. The lowest BCUT2D eigenvalue weighted by atomic mass is 10.0. The third-order valence-electron chi connectivity index (χ3n) is 2.52. The molecule has 1 N–H and O–H groups in total. The van der Waals surface area contributed by atoms with Crippen molar-refractivity contribution in [2.45, 2.75) is 13.1 Å². The Morgan fingerprint density at radius 3 is 2.56 bits per heavy atom. The molecule has 0 atom stereocenters. The Kier molecular flexibility index (Phi) is 3.21. The molecule has 0 aliphatic rings. The summed E-state index contributed by atoms with van der Waals surface area (Å²) in [5.74, 6) is 0. The third-order valence-corrected chi connectivity index (χ3v) is 2.83. The Hall–Kier alpha value is -1.69. The lowest BCUT2D eigenvalue weighted by Crippen LogP contribution is -2.05. The van der Waals surface area contributed by atoms with Crippen molar-refractivity contribution in [3.8, 4) is 11.3 Å². The zero-order chi connectivity index (χ0) is 13.3. The molecule has 0 spiro atoms. The van der Waals surface area contributed by atoms with E-state index in [-0.39, 0.29) is 0 Å². The number of aromatic amines is 1. The number of H-pyrrole nitrogens is 1. The van der Waals surface area contributed by atoms with E-state index in [4.69, 9.17) is 12.2 Å². The van der Waals surface area contributed by atoms with E-state index >= 15 is 0 Å². The average Bonchev–Trinajstić information content (AvgIpc) is 2.29. The molecule has 1 aromatic heterocycles. The van der Waals surface area contributed by atoms with Crippen LogP contribution in [0.15, 0.2) is 30.6 Å². The van der Waals surface area contributed by atoms with Crippen molar-refractivity contribution >= 4 is 12.2 Å². The largest absolute Gasteiger partial charge is 0.416 e. The van der Waals surface area contributed by atoms with Gasteiger partial charge in [-0.1, -0.05) is 18.3 Å². The Balaban J connectivity index is 2.56. The Labute approximate surface area is 107 Å². The zero-order valence-electron chi connectivity index (χ0n) is 9.38. The number of rotatable bonds is 1. The minimum Gasteiger partial charge on any atom is -0.350 e. The van der Waals surface area contributed by atoms with Crippen LogP contribution >= 0.6 is 12.2 Å². The highest BCUT2D eigenvalue weighted by Crippen LogP contribution is 2.32. The Morgan fingerprint density at radius 2 is 2.00 bits per heavy atom. The van der Waals surface area contributed by atoms with Crippen LogP contribution in [-0.2, 0) is 6.18 Å². The molecule has 1 heterocycles. The number of alkyl halides is 3. The van der Waals surface area contributed by atoms with Crippen LogP contribution in [0.25, 0.3) is 11.3 Å². The third kappa shape index (κ3) is 2.43. The molecule has 6 heteroatoms. The quantitative estimate of drug-likeness (QED) is 0.789. The molecule has 94 valence electrons. The smallest absolute Gasteiger partial charge is 0.350 e. The molecule has 0 fully saturated rings. The van der Waals surface area contributed by atoms with Crippen molar-refractivity contribution in [3.05, 3.63) is 46.4 Å². The fraction of sp³-hybridized carbons (Fsp3) is 0.167. The predicted molar refractivity (Wildman–Crippen MR) is 64.6 cm³/mol. The van der Waals surface area contributed by atoms with Gasteiger partial charge in [0.25, 0.3) is 0 Å². The maximum atomic E-state index is 12.5. The minimum atomic E-state index is -4.34. The molecule has 0 saturated heterocycles. The second kappa shape index (κ2) is 4.53. The van der Waals surface area contributed by atoms with Gasteiger partial charge in [0, 0.05) is 18.0 Å². The van der Waals surface area contributed by atoms with Gasteiger partial charge in [-0.05, 0) is 24.6 Å². The maximum Gasteiger partial charge on any atom is 0.416 e. The van der Waals surface area contributed by atoms with Gasteiger partial charge >= 0.3 is 6.18 Å². The SMILES string of the molecule is Cc1cc(C(F)(F)F)ccc1-c1ncc[nH]c1=S. The second-order valence-electron chi connectivity index (χ2n) is 3.79. The number of aromatic nitrogens is 2. The first-order valence-corrected chi connectivity index (χ1v) is 5.52. The number of benzene rings is 1. The first kappa shape index (κ1) is 12.8. The number of aryl methyl sites for hydroxylation is 1. The summed E-state index contributed by atoms with van der Waals surface area (Å²) < 4.78 is 38.0. The van der Waals surface area contributed by atoms with Crippen LogP contribution < -0.4 is 0 Å². The standard InChI is InChI=1S/C12H9F3N2S/c1-7-6-8(12(13,14)15)2-3-9(7)10-11(18)17-5-4-16-10/h2-6H,1H3,(H,17,18). The molecule has 2 nitrogen and oxygen atoms in total. The van der Waals surface area contributed by atoms with Crippen LogP contribution in [0.5, 0.6) is 0 Å². The highest BCUT2D eigenvalue weighted by molar-refractivity contribution is 7.71. The van der Waals surface area contributed by atoms with Gasteiger partial charge in [0.1, 0.15) is 10.3 Å². The molecule has 0 aliphatic carbocycles. The summed E-state index contributed by atoms with van der Waals surface area (Å²) in [6.45, 7) is 1.61. The van der Waals surface area contributed by atoms with Crippen LogP contribution in [-0.4, -0.2) is 9.97 Å². The van der Waals surface area contributed by atoms with Crippen LogP contribution in [0.3, 0.4) is 0 Å². The molecule has 2 rings (SSSR count). The van der Waals surface area contributed by atoms with Crippen LogP contribution in [0.1, 0.15) is 11.1 Å². The summed E-state index contributed by atoms with van der Waals surface area (Å²) in [5.41, 5.74) is 0.904. The second-order valence-corrected chi connectivity index (χ2v) is 4.20. The molecular weight excluding hydrogens is 261 g/mol. The highest BCUT2D eigenvalue weighted by atomic mass is 32.1. The van der Waals surface area contributed by atoms with Gasteiger partial charge in [0.15, 0.2) is 0 Å². The van der Waals surface area contributed by atoms with Crippen LogP contribution in [0.2, 0.25) is 0 Å². The van der Waals surface area contributed by atoms with E-state index in [1.54, 1.807) is 13.1 Å². The molecule has 0 saturated carbocycles. The van der Waals surface area contributed by atoms with Gasteiger partial charge in [0.2, 0.25) is 0 Å². The van der Waals surface area contributed by atoms with Crippen molar-refractivity contribution in [3.63, 3.8) is 0 Å². The number of hydrogen-bond acceptors (Lipinski definition) is 2. The van der Waals surface area contributed by atoms with Crippen molar-refractivity contribution in [2.24, 2.45) is 0 Å². The summed E-state index contributed by atoms with van der Waals surface area (Å²) >= 11 is 5.06. The molecule has 1 aromatic carbocycles. The van der Waals surface area contributed by atoms with E-state index in [9.17, 15) is 13.2 Å². The van der Waals surface area contributed by atoms with E-state index in [0.717, 1.165) is 12.1 Å². The lowest BCUT2D eigenvalue weighted by molar-refractivity contribution is -0.137. The Morgan fingerprint density at radius 1 is 1.28 bits per heavy atom. The van der Waals surface area contributed by atoms with E-state index < -0.39 is 11.7 Å². The minimum absolute atomic E-state index is 0.403. The lowest BCUT2D eigenvalue weighted by Gasteiger charge is -2.10. The van der Waals surface area contributed by atoms with E-state index in [0.29, 0.717) is 21.5 Å². The first-order valence-electron chi connectivity index (χ1n) is 5.11. The fourth-order valence-corrected chi connectivity index (χ4v) is 1.88. The number of nitrogens with one attached hydrogen (secondary N) is 1. The summed E-state index contributed by atoms with van der Waals surface area (Å²) in [6.07, 6.45) is -1.25. The molecule has 18 heavy (non-hydrogen) atoms. The molecule has 0 amide bonds. The fourth-order valence-electron chi connectivity index (χ4n) is 1.65. The molecule has 2 aromatic rings. The topological polar surface area (TPSA) is 28.7 Å². The van der Waals surface area contributed by atoms with Gasteiger partial charge < -0.3 is 4.98 Å². The number of hydrogen-bond donors (Lipinski definition) is 1. The van der Waals surface area contributed by atoms with E-state index in [2.05, 4.69) is 9.97 Å². The van der Waals surface area contributed by atoms with Gasteiger partial charge in [-0.15, -0.1) is 0 Å². The normalized spacial score (nSPS) is 11.6. The van der Waals surface area contributed by atoms with Gasteiger partial charge in [-0.3, -0.25) is 4.98 Å². The summed E-state index contributed by atoms with van der Waals surface area (Å²) in [5, 5.41) is 0. The molecule has 0 unspecified atom stereocenters. The van der Waals surface area contributed by atoms with E-state index in [1.165, 1.54) is 12.3 Å². The summed E-state index contributed by atoms with van der Waals surface area (Å²) in [7, 11) is 0. The zero-order valence-corrected chi connectivity index (χ0v) is 10.2. The highest BCUT2D eigenvalue weighted by Gasteiger charge is 2.30. The number of nitrogens with zero attached hydrogens (tertiary/aromatic N) is 1. The number of halogens is 3. The maximum absolute atomic E-state index is 12.5. The molecule has 0 radical (unpaired) electrons. The van der Waals surface area contributed by atoms with Crippen molar-refractivity contribution < 1.29 is 13.2 Å². The van der Waals surface area contributed by atoms with Crippen molar-refractivity contribution in [1.82, 2.24) is 9.97 Å². The first-order chi connectivity index (χ1) is 8.39. The van der Waals surface area contributed by atoms with Gasteiger partial charge in [-0.2, -0.15) is 13.2 Å². The molecule has 0 bridgehead atoms. The summed E-state index contributed by atoms with van der Waals surface area (Å²) in [6, 6.07) is 3.52. The van der Waals surface area contributed by atoms with Gasteiger partial charge in [-0.25, -0.2) is 0 Å².